The van der Waals surface area contributed by atoms with Gasteiger partial charge in [-0.2, -0.15) is 0 Å². The van der Waals surface area contributed by atoms with E-state index in [2.05, 4.69) is 15.9 Å². The molecule has 32 heavy (non-hydrogen) atoms. The van der Waals surface area contributed by atoms with Crippen LogP contribution in [0.4, 0.5) is 15.8 Å². The maximum atomic E-state index is 13.5. The second-order valence-electron chi connectivity index (χ2n) is 7.22. The molecule has 1 amide bonds. The maximum Gasteiger partial charge on any atom is 0.295 e. The number of carbonyl (C=O) groups excluding carboxylic acids is 1. The van der Waals surface area contributed by atoms with Gasteiger partial charge in [-0.15, -0.1) is 0 Å². The Hall–Kier alpha value is -3.85. The number of halogens is 2. The van der Waals surface area contributed by atoms with Crippen LogP contribution < -0.4 is 10.3 Å². The first-order valence-corrected chi connectivity index (χ1v) is 10.2. The minimum absolute atomic E-state index is 0.0745. The number of nitro groups is 1. The Morgan fingerprint density at radius 1 is 1.03 bits per heavy atom. The van der Waals surface area contributed by atoms with Crippen molar-refractivity contribution in [3.63, 3.8) is 0 Å². The second-order valence-corrected chi connectivity index (χ2v) is 8.14. The first-order valence-electron chi connectivity index (χ1n) is 9.45. The van der Waals surface area contributed by atoms with E-state index in [1.165, 1.54) is 47.4 Å². The highest BCUT2D eigenvalue weighted by molar-refractivity contribution is 9.10. The van der Waals surface area contributed by atoms with E-state index in [0.717, 1.165) is 0 Å². The number of nitrogens with zero attached hydrogens (tertiary/aromatic N) is 2. The van der Waals surface area contributed by atoms with Crippen molar-refractivity contribution in [2.24, 2.45) is 0 Å². The van der Waals surface area contributed by atoms with Crippen LogP contribution in [-0.2, 0) is 0 Å². The molecular weight excluding hydrogens is 483 g/mol. The predicted octanol–water partition coefficient (Wildman–Crippen LogP) is 5.35. The lowest BCUT2D eigenvalue weighted by Crippen LogP contribution is -2.29. The highest BCUT2D eigenvalue weighted by atomic mass is 79.9. The van der Waals surface area contributed by atoms with Crippen LogP contribution in [0.2, 0.25) is 0 Å². The van der Waals surface area contributed by atoms with Crippen molar-refractivity contribution in [3.8, 4) is 0 Å². The lowest BCUT2D eigenvalue weighted by Gasteiger charge is -2.25. The summed E-state index contributed by atoms with van der Waals surface area (Å²) in [5.41, 5.74) is 0.392. The van der Waals surface area contributed by atoms with E-state index in [9.17, 15) is 24.1 Å². The molecule has 0 fully saturated rings. The molecule has 4 aromatic rings. The first-order chi connectivity index (χ1) is 15.3. The van der Waals surface area contributed by atoms with Crippen LogP contribution in [-0.4, -0.2) is 10.8 Å². The van der Waals surface area contributed by atoms with Gasteiger partial charge in [0, 0.05) is 22.3 Å². The Morgan fingerprint density at radius 3 is 2.50 bits per heavy atom. The summed E-state index contributed by atoms with van der Waals surface area (Å²) < 4.78 is 20.0. The van der Waals surface area contributed by atoms with Gasteiger partial charge in [-0.05, 0) is 48.0 Å². The Bertz CT molecular complexity index is 1480. The number of amides is 1. The second kappa shape index (κ2) is 7.38. The van der Waals surface area contributed by atoms with Crippen molar-refractivity contribution < 1.29 is 18.5 Å². The molecule has 0 bridgehead atoms. The summed E-state index contributed by atoms with van der Waals surface area (Å²) in [7, 11) is 0. The number of anilines is 1. The number of hydrogen-bond donors (Lipinski definition) is 0. The van der Waals surface area contributed by atoms with Crippen LogP contribution in [0.1, 0.15) is 27.7 Å². The van der Waals surface area contributed by atoms with E-state index >= 15 is 0 Å². The average molecular weight is 495 g/mol. The third kappa shape index (κ3) is 3.09. The standard InChI is InChI=1S/C23H12BrFN2O5/c24-13-4-9-18-17(11-13)21(28)19-20(12-2-1-3-16(10-12)27(30)31)26(23(29)22(19)32-18)15-7-5-14(25)6-8-15/h1-11,20H. The Morgan fingerprint density at radius 2 is 1.78 bits per heavy atom. The average Bonchev–Trinajstić information content (AvgIpc) is 3.07. The summed E-state index contributed by atoms with van der Waals surface area (Å²) in [5.74, 6) is -1.23. The van der Waals surface area contributed by atoms with Crippen molar-refractivity contribution in [2.75, 3.05) is 4.90 Å². The minimum atomic E-state index is -0.984. The number of carbonyl (C=O) groups is 1. The molecule has 158 valence electrons. The lowest BCUT2D eigenvalue weighted by molar-refractivity contribution is -0.384. The van der Waals surface area contributed by atoms with Crippen molar-refractivity contribution in [2.45, 2.75) is 6.04 Å². The molecule has 0 saturated heterocycles. The summed E-state index contributed by atoms with van der Waals surface area (Å²) in [6, 6.07) is 14.8. The Labute approximate surface area is 188 Å². The molecular formula is C23H12BrFN2O5. The predicted molar refractivity (Wildman–Crippen MR) is 118 cm³/mol. The zero-order valence-electron chi connectivity index (χ0n) is 16.1. The summed E-state index contributed by atoms with van der Waals surface area (Å²) in [4.78, 5) is 39.0. The first kappa shape index (κ1) is 20.1. The van der Waals surface area contributed by atoms with Crippen molar-refractivity contribution in [1.82, 2.24) is 0 Å². The Balaban J connectivity index is 1.82. The summed E-state index contributed by atoms with van der Waals surface area (Å²) in [6.07, 6.45) is 0. The fourth-order valence-electron chi connectivity index (χ4n) is 3.94. The van der Waals surface area contributed by atoms with Crippen LogP contribution in [0.3, 0.4) is 0 Å². The Kier molecular flexibility index (Phi) is 4.63. The fraction of sp³-hybridized carbons (Fsp3) is 0.0435. The molecule has 0 N–H and O–H groups in total. The van der Waals surface area contributed by atoms with E-state index in [4.69, 9.17) is 4.42 Å². The zero-order chi connectivity index (χ0) is 22.6. The molecule has 3 aromatic carbocycles. The van der Waals surface area contributed by atoms with Gasteiger partial charge in [-0.1, -0.05) is 28.1 Å². The molecule has 1 unspecified atom stereocenters. The van der Waals surface area contributed by atoms with Gasteiger partial charge in [0.05, 0.1) is 21.9 Å². The van der Waals surface area contributed by atoms with Crippen molar-refractivity contribution in [3.05, 3.63) is 114 Å². The molecule has 5 rings (SSSR count). The largest absolute Gasteiger partial charge is 0.450 e. The van der Waals surface area contributed by atoms with Gasteiger partial charge in [0.2, 0.25) is 5.76 Å². The molecule has 0 aliphatic carbocycles. The number of benzene rings is 3. The lowest BCUT2D eigenvalue weighted by atomic mass is 9.98. The van der Waals surface area contributed by atoms with Crippen molar-refractivity contribution >= 4 is 44.2 Å². The molecule has 0 spiro atoms. The SMILES string of the molecule is O=C1c2oc3ccc(Br)cc3c(=O)c2C(c2cccc([N+](=O)[O-])c2)N1c1ccc(F)cc1. The summed E-state index contributed by atoms with van der Waals surface area (Å²) >= 11 is 3.33. The quantitative estimate of drug-likeness (QED) is 0.282. The monoisotopic (exact) mass is 494 g/mol. The zero-order valence-corrected chi connectivity index (χ0v) is 17.7. The number of nitro benzene ring substituents is 1. The molecule has 1 atom stereocenters. The minimum Gasteiger partial charge on any atom is -0.450 e. The highest BCUT2D eigenvalue weighted by Gasteiger charge is 2.44. The highest BCUT2D eigenvalue weighted by Crippen LogP contribution is 2.42. The molecule has 0 radical (unpaired) electrons. The third-order valence-corrected chi connectivity index (χ3v) is 5.83. The van der Waals surface area contributed by atoms with Gasteiger partial charge in [0.25, 0.3) is 11.6 Å². The van der Waals surface area contributed by atoms with Gasteiger partial charge >= 0.3 is 0 Å². The van der Waals surface area contributed by atoms with Gasteiger partial charge < -0.3 is 4.42 Å². The topological polar surface area (TPSA) is 93.7 Å². The molecule has 1 aromatic heterocycles. The van der Waals surface area contributed by atoms with Crippen molar-refractivity contribution in [1.29, 1.82) is 0 Å². The van der Waals surface area contributed by atoms with Crippen LogP contribution in [0.15, 0.2) is 80.4 Å². The number of non-ortho nitro benzene ring substituents is 1. The normalized spacial score (nSPS) is 15.2. The van der Waals surface area contributed by atoms with Crippen LogP contribution >= 0.6 is 15.9 Å². The number of hydrogen-bond acceptors (Lipinski definition) is 5. The smallest absolute Gasteiger partial charge is 0.295 e. The van der Waals surface area contributed by atoms with Gasteiger partial charge in [-0.3, -0.25) is 24.6 Å². The van der Waals surface area contributed by atoms with E-state index in [1.54, 1.807) is 24.3 Å². The molecule has 2 heterocycles. The van der Waals surface area contributed by atoms with Crippen LogP contribution in [0.25, 0.3) is 11.0 Å². The van der Waals surface area contributed by atoms with Gasteiger partial charge in [-0.25, -0.2) is 4.39 Å². The summed E-state index contributed by atoms with van der Waals surface area (Å²) in [5, 5.41) is 11.6. The molecule has 7 nitrogen and oxygen atoms in total. The van der Waals surface area contributed by atoms with Crippen LogP contribution in [0, 0.1) is 15.9 Å². The molecule has 9 heteroatoms. The molecule has 1 aliphatic heterocycles. The van der Waals surface area contributed by atoms with E-state index in [-0.39, 0.29) is 28.0 Å². The van der Waals surface area contributed by atoms with E-state index in [1.807, 2.05) is 0 Å². The number of fused-ring (bicyclic) bond motifs is 2. The molecule has 1 aliphatic rings. The third-order valence-electron chi connectivity index (χ3n) is 5.33. The van der Waals surface area contributed by atoms with Gasteiger partial charge in [0.15, 0.2) is 5.43 Å². The maximum absolute atomic E-state index is 13.5. The van der Waals surface area contributed by atoms with Gasteiger partial charge in [0.1, 0.15) is 11.4 Å². The molecule has 0 saturated carbocycles. The number of rotatable bonds is 3. The fourth-order valence-corrected chi connectivity index (χ4v) is 4.30. The van der Waals surface area contributed by atoms with E-state index < -0.39 is 28.1 Å². The summed E-state index contributed by atoms with van der Waals surface area (Å²) in [6.45, 7) is 0. The van der Waals surface area contributed by atoms with Crippen LogP contribution in [0.5, 0.6) is 0 Å². The van der Waals surface area contributed by atoms with E-state index in [0.29, 0.717) is 15.7 Å².